The Hall–Kier alpha value is -2.71. The third kappa shape index (κ3) is 4.65. The van der Waals surface area contributed by atoms with Gasteiger partial charge in [-0.15, -0.1) is 11.3 Å². The third-order valence-electron chi connectivity index (χ3n) is 5.04. The minimum Gasteiger partial charge on any atom is -0.453 e. The zero-order valence-corrected chi connectivity index (χ0v) is 17.5. The number of ketones is 1. The summed E-state index contributed by atoms with van der Waals surface area (Å²) in [5.41, 5.74) is 8.81. The van der Waals surface area contributed by atoms with E-state index in [9.17, 15) is 14.4 Å². The number of amides is 2. The number of thiophene rings is 1. The largest absolute Gasteiger partial charge is 0.453 e. The number of nitrogens with one attached hydrogen (secondary N) is 2. The molecule has 0 fully saturated rings. The van der Waals surface area contributed by atoms with Gasteiger partial charge in [-0.05, 0) is 38.0 Å². The number of nitrogens with two attached hydrogens (primary N) is 1. The summed E-state index contributed by atoms with van der Waals surface area (Å²) in [7, 11) is 1.28. The number of anilines is 2. The molecule has 1 aromatic heterocycles. The highest BCUT2D eigenvalue weighted by Gasteiger charge is 2.23. The molecule has 4 N–H and O–H groups in total. The van der Waals surface area contributed by atoms with Crippen molar-refractivity contribution in [2.45, 2.75) is 39.2 Å². The van der Waals surface area contributed by atoms with Gasteiger partial charge in [0.05, 0.1) is 17.7 Å². The summed E-state index contributed by atoms with van der Waals surface area (Å²) >= 11 is 1.40. The Bertz CT molecular complexity index is 953. The quantitative estimate of drug-likeness (QED) is 0.623. The fourth-order valence-corrected chi connectivity index (χ4v) is 4.46. The lowest BCUT2D eigenvalue weighted by atomic mass is 9.96. The van der Waals surface area contributed by atoms with E-state index in [2.05, 4.69) is 15.4 Å². The summed E-state index contributed by atoms with van der Waals surface area (Å²) in [6, 6.07) is 6.92. The minimum atomic E-state index is -0.606. The van der Waals surface area contributed by atoms with Crippen molar-refractivity contribution >= 4 is 40.5 Å². The Morgan fingerprint density at radius 3 is 2.69 bits per heavy atom. The third-order valence-corrected chi connectivity index (χ3v) is 6.40. The van der Waals surface area contributed by atoms with Crippen LogP contribution in [0.2, 0.25) is 0 Å². The Labute approximate surface area is 173 Å². The second-order valence-electron chi connectivity index (χ2n) is 7.25. The van der Waals surface area contributed by atoms with Gasteiger partial charge in [-0.3, -0.25) is 14.9 Å². The van der Waals surface area contributed by atoms with Gasteiger partial charge in [0.2, 0.25) is 5.91 Å². The van der Waals surface area contributed by atoms with Crippen LogP contribution in [0, 0.1) is 5.92 Å². The number of carbonyl (C=O) groups is 3. The standard InChI is InChI=1S/C21H25N3O4S/c1-11-5-4-6-16(22)18-10-15(19(29-18)12(2)25)14-8-7-13(23-21(27)28-3)9-17(14)24-20(11)26/h7-11,16H,4-6,22H2,1-3H3,(H,23,27)(H,24,26)/t11-,16+/m1/s1. The highest BCUT2D eigenvalue weighted by Crippen LogP contribution is 2.40. The van der Waals surface area contributed by atoms with Crippen molar-refractivity contribution < 1.29 is 19.1 Å². The minimum absolute atomic E-state index is 0.0549. The van der Waals surface area contributed by atoms with Gasteiger partial charge in [0.25, 0.3) is 0 Å². The van der Waals surface area contributed by atoms with E-state index in [1.165, 1.54) is 25.4 Å². The van der Waals surface area contributed by atoms with E-state index in [1.807, 2.05) is 13.0 Å². The average molecular weight is 416 g/mol. The summed E-state index contributed by atoms with van der Waals surface area (Å²) in [6.07, 6.45) is 1.68. The molecule has 7 nitrogen and oxygen atoms in total. The molecule has 0 spiro atoms. The summed E-state index contributed by atoms with van der Waals surface area (Å²) in [4.78, 5) is 38.1. The number of hydrogen-bond acceptors (Lipinski definition) is 6. The molecule has 2 atom stereocenters. The van der Waals surface area contributed by atoms with Crippen LogP contribution in [-0.2, 0) is 9.53 Å². The predicted molar refractivity (Wildman–Crippen MR) is 114 cm³/mol. The van der Waals surface area contributed by atoms with Crippen LogP contribution in [-0.4, -0.2) is 24.9 Å². The highest BCUT2D eigenvalue weighted by molar-refractivity contribution is 7.14. The Morgan fingerprint density at radius 2 is 2.00 bits per heavy atom. The fraction of sp³-hybridized carbons (Fsp3) is 0.381. The Kier molecular flexibility index (Phi) is 6.34. The number of benzene rings is 1. The van der Waals surface area contributed by atoms with Crippen molar-refractivity contribution in [1.82, 2.24) is 0 Å². The van der Waals surface area contributed by atoms with Crippen molar-refractivity contribution in [3.8, 4) is 11.1 Å². The second-order valence-corrected chi connectivity index (χ2v) is 8.34. The van der Waals surface area contributed by atoms with Crippen LogP contribution < -0.4 is 16.4 Å². The van der Waals surface area contributed by atoms with Crippen molar-refractivity contribution in [2.24, 2.45) is 11.7 Å². The smallest absolute Gasteiger partial charge is 0.411 e. The number of Topliss-reactive ketones (excluding diaryl/α,β-unsaturated/α-hetero) is 1. The summed E-state index contributed by atoms with van der Waals surface area (Å²) < 4.78 is 4.64. The number of fused-ring (bicyclic) bond motifs is 4. The maximum absolute atomic E-state index is 12.7. The maximum Gasteiger partial charge on any atom is 0.411 e. The lowest BCUT2D eigenvalue weighted by Crippen LogP contribution is -2.21. The van der Waals surface area contributed by atoms with Crippen LogP contribution in [0.3, 0.4) is 0 Å². The first-order chi connectivity index (χ1) is 13.8. The van der Waals surface area contributed by atoms with Crippen LogP contribution in [0.1, 0.15) is 53.7 Å². The van der Waals surface area contributed by atoms with Crippen LogP contribution in [0.25, 0.3) is 11.1 Å². The van der Waals surface area contributed by atoms with Crippen LogP contribution in [0.4, 0.5) is 16.2 Å². The van der Waals surface area contributed by atoms with E-state index in [1.54, 1.807) is 18.2 Å². The van der Waals surface area contributed by atoms with E-state index >= 15 is 0 Å². The van der Waals surface area contributed by atoms with E-state index < -0.39 is 6.09 Å². The van der Waals surface area contributed by atoms with Gasteiger partial charge in [-0.25, -0.2) is 4.79 Å². The molecule has 1 aliphatic rings. The highest BCUT2D eigenvalue weighted by atomic mass is 32.1. The van der Waals surface area contributed by atoms with E-state index in [0.29, 0.717) is 28.2 Å². The van der Waals surface area contributed by atoms with Crippen molar-refractivity contribution in [1.29, 1.82) is 0 Å². The molecule has 2 bridgehead atoms. The van der Waals surface area contributed by atoms with E-state index in [4.69, 9.17) is 5.73 Å². The molecule has 0 aliphatic carbocycles. The molecule has 0 saturated carbocycles. The van der Waals surface area contributed by atoms with Gasteiger partial charge in [-0.2, -0.15) is 0 Å². The molecule has 154 valence electrons. The van der Waals surface area contributed by atoms with Crippen molar-refractivity contribution in [2.75, 3.05) is 17.7 Å². The molecule has 0 radical (unpaired) electrons. The van der Waals surface area contributed by atoms with Crippen LogP contribution in [0.15, 0.2) is 24.3 Å². The average Bonchev–Trinajstić information content (AvgIpc) is 3.13. The molecule has 2 aromatic rings. The van der Waals surface area contributed by atoms with Gasteiger partial charge >= 0.3 is 6.09 Å². The normalized spacial score (nSPS) is 19.2. The molecule has 1 aliphatic heterocycles. The van der Waals surface area contributed by atoms with Gasteiger partial charge < -0.3 is 15.8 Å². The summed E-state index contributed by atoms with van der Waals surface area (Å²) in [5.74, 6) is -0.358. The maximum atomic E-state index is 12.7. The second kappa shape index (κ2) is 8.75. The number of rotatable bonds is 2. The first-order valence-electron chi connectivity index (χ1n) is 9.50. The molecular formula is C21H25N3O4S. The lowest BCUT2D eigenvalue weighted by Gasteiger charge is -2.18. The number of carbonyl (C=O) groups excluding carboxylic acids is 3. The fourth-order valence-electron chi connectivity index (χ4n) is 3.36. The summed E-state index contributed by atoms with van der Waals surface area (Å²) in [6.45, 7) is 3.40. The zero-order valence-electron chi connectivity index (χ0n) is 16.7. The van der Waals surface area contributed by atoms with Crippen molar-refractivity contribution in [3.05, 3.63) is 34.0 Å². The SMILES string of the molecule is COC(=O)Nc1ccc2c(c1)NC(=O)[C@H](C)CCC[C@H](N)c1cc-2c(C(C)=O)s1. The van der Waals surface area contributed by atoms with Crippen molar-refractivity contribution in [3.63, 3.8) is 0 Å². The molecular weight excluding hydrogens is 390 g/mol. The van der Waals surface area contributed by atoms with E-state index in [0.717, 1.165) is 23.3 Å². The molecule has 0 unspecified atom stereocenters. The van der Waals surface area contributed by atoms with Gasteiger partial charge in [-0.1, -0.05) is 19.4 Å². The van der Waals surface area contributed by atoms with Crippen LogP contribution >= 0.6 is 11.3 Å². The monoisotopic (exact) mass is 415 g/mol. The van der Waals surface area contributed by atoms with Gasteiger partial charge in [0.15, 0.2) is 5.78 Å². The lowest BCUT2D eigenvalue weighted by molar-refractivity contribution is -0.119. The molecule has 2 amide bonds. The molecule has 8 heteroatoms. The molecule has 2 heterocycles. The molecule has 1 aromatic carbocycles. The van der Waals surface area contributed by atoms with Gasteiger partial charge in [0.1, 0.15) is 0 Å². The zero-order chi connectivity index (χ0) is 21.1. The predicted octanol–water partition coefficient (Wildman–Crippen LogP) is 4.55. The number of methoxy groups -OCH3 is 1. The topological polar surface area (TPSA) is 111 Å². The van der Waals surface area contributed by atoms with Crippen LogP contribution in [0.5, 0.6) is 0 Å². The first kappa shape index (κ1) is 21.0. The molecule has 29 heavy (non-hydrogen) atoms. The Morgan fingerprint density at radius 1 is 1.24 bits per heavy atom. The van der Waals surface area contributed by atoms with Gasteiger partial charge in [0, 0.05) is 33.7 Å². The number of ether oxygens (including phenoxy) is 1. The molecule has 0 saturated heterocycles. The first-order valence-corrected chi connectivity index (χ1v) is 10.3. The van der Waals surface area contributed by atoms with E-state index in [-0.39, 0.29) is 23.7 Å². The number of hydrogen-bond donors (Lipinski definition) is 3. The molecule has 3 rings (SSSR count). The summed E-state index contributed by atoms with van der Waals surface area (Å²) in [5, 5.41) is 5.57. The Balaban J connectivity index is 2.16.